The molecule has 126 valence electrons. The van der Waals surface area contributed by atoms with Crippen LogP contribution in [0.3, 0.4) is 0 Å². The summed E-state index contributed by atoms with van der Waals surface area (Å²) in [7, 11) is 1.87. The van der Waals surface area contributed by atoms with E-state index in [4.69, 9.17) is 10.7 Å². The predicted octanol–water partition coefficient (Wildman–Crippen LogP) is 4.78. The smallest absolute Gasteiger partial charge is 0.161 e. The van der Waals surface area contributed by atoms with Gasteiger partial charge in [0.1, 0.15) is 5.82 Å². The van der Waals surface area contributed by atoms with Gasteiger partial charge in [-0.2, -0.15) is 0 Å². The highest BCUT2D eigenvalue weighted by atomic mass is 32.2. The molecule has 0 saturated heterocycles. The van der Waals surface area contributed by atoms with Gasteiger partial charge in [-0.15, -0.1) is 11.8 Å². The summed E-state index contributed by atoms with van der Waals surface area (Å²) in [6.45, 7) is 10.5. The van der Waals surface area contributed by atoms with Crippen LogP contribution < -0.4 is 11.1 Å². The minimum atomic E-state index is -0.0498. The maximum atomic E-state index is 5.74. The molecule has 0 fully saturated rings. The van der Waals surface area contributed by atoms with Crippen molar-refractivity contribution in [2.45, 2.75) is 39.4 Å². The summed E-state index contributed by atoms with van der Waals surface area (Å²) in [6, 6.07) is 9.66. The fourth-order valence-electron chi connectivity index (χ4n) is 2.08. The van der Waals surface area contributed by atoms with Crippen LogP contribution in [0.15, 0.2) is 30.3 Å². The molecule has 1 aromatic heterocycles. The minimum Gasteiger partial charge on any atom is -0.399 e. The third-order valence-corrected chi connectivity index (χ3v) is 4.49. The fraction of sp³-hybridized carbons (Fsp3) is 0.444. The van der Waals surface area contributed by atoms with Crippen LogP contribution >= 0.6 is 11.8 Å². The Hall–Kier alpha value is -1.75. The first kappa shape index (κ1) is 19.3. The van der Waals surface area contributed by atoms with E-state index in [-0.39, 0.29) is 4.75 Å². The van der Waals surface area contributed by atoms with Crippen molar-refractivity contribution in [3.63, 3.8) is 0 Å². The van der Waals surface area contributed by atoms with Crippen molar-refractivity contribution in [1.29, 1.82) is 0 Å². The molecule has 2 rings (SSSR count). The fourth-order valence-corrected chi connectivity index (χ4v) is 3.05. The molecule has 0 aliphatic rings. The van der Waals surface area contributed by atoms with Gasteiger partial charge in [-0.05, 0) is 43.9 Å². The van der Waals surface area contributed by atoms with E-state index in [1.165, 1.54) is 0 Å². The Morgan fingerprint density at radius 3 is 2.26 bits per heavy atom. The third-order valence-electron chi connectivity index (χ3n) is 3.27. The van der Waals surface area contributed by atoms with Gasteiger partial charge in [-0.3, -0.25) is 0 Å². The molecule has 5 heteroatoms. The van der Waals surface area contributed by atoms with Crippen LogP contribution in [0.5, 0.6) is 0 Å². The lowest BCUT2D eigenvalue weighted by atomic mass is 10.1. The van der Waals surface area contributed by atoms with E-state index in [1.807, 2.05) is 63.0 Å². The van der Waals surface area contributed by atoms with Crippen molar-refractivity contribution >= 4 is 23.3 Å². The van der Waals surface area contributed by atoms with Crippen LogP contribution in [0.4, 0.5) is 11.5 Å². The second-order valence-corrected chi connectivity index (χ2v) is 7.16. The number of aromatic nitrogens is 2. The van der Waals surface area contributed by atoms with Gasteiger partial charge in [-0.25, -0.2) is 9.97 Å². The molecule has 0 bridgehead atoms. The summed E-state index contributed by atoms with van der Waals surface area (Å²) in [5.41, 5.74) is 8.48. The average molecular weight is 333 g/mol. The molecule has 1 heterocycles. The van der Waals surface area contributed by atoms with Crippen LogP contribution in [0.25, 0.3) is 11.4 Å². The maximum Gasteiger partial charge on any atom is 0.161 e. The van der Waals surface area contributed by atoms with Crippen molar-refractivity contribution in [1.82, 2.24) is 9.97 Å². The van der Waals surface area contributed by atoms with E-state index in [2.05, 4.69) is 31.1 Å². The van der Waals surface area contributed by atoms with E-state index in [0.717, 1.165) is 34.3 Å². The largest absolute Gasteiger partial charge is 0.399 e. The summed E-state index contributed by atoms with van der Waals surface area (Å²) in [4.78, 5) is 9.31. The molecule has 0 unspecified atom stereocenters. The molecule has 0 aliphatic carbocycles. The summed E-state index contributed by atoms with van der Waals surface area (Å²) >= 11 is 1.87. The number of nitrogen functional groups attached to an aromatic ring is 1. The van der Waals surface area contributed by atoms with Crippen molar-refractivity contribution in [3.8, 4) is 11.4 Å². The van der Waals surface area contributed by atoms with Gasteiger partial charge in [0, 0.05) is 24.4 Å². The van der Waals surface area contributed by atoms with Gasteiger partial charge >= 0.3 is 0 Å². The van der Waals surface area contributed by atoms with Gasteiger partial charge in [0.15, 0.2) is 5.82 Å². The summed E-state index contributed by atoms with van der Waals surface area (Å²) < 4.78 is -0.0498. The highest BCUT2D eigenvalue weighted by Crippen LogP contribution is 2.35. The summed E-state index contributed by atoms with van der Waals surface area (Å²) in [5, 5.41) is 3.12. The summed E-state index contributed by atoms with van der Waals surface area (Å²) in [6.07, 6.45) is 0. The van der Waals surface area contributed by atoms with Gasteiger partial charge < -0.3 is 11.1 Å². The lowest BCUT2D eigenvalue weighted by Crippen LogP contribution is -2.16. The molecule has 0 aliphatic heterocycles. The molecule has 0 radical (unpaired) electrons. The molecule has 0 amide bonds. The van der Waals surface area contributed by atoms with E-state index in [9.17, 15) is 0 Å². The molecule has 1 aromatic carbocycles. The lowest BCUT2D eigenvalue weighted by molar-refractivity contribution is 0.744. The normalized spacial score (nSPS) is 10.7. The molecule has 0 atom stereocenters. The van der Waals surface area contributed by atoms with Gasteiger partial charge in [0.2, 0.25) is 0 Å². The standard InChI is InChI=1S/C16H22N4S.C2H6/c1-5-21-16(2,3)13-10-14(18-4)20-15(19-13)11-6-8-12(17)9-7-11;1-2/h6-10H,5,17H2,1-4H3,(H,18,19,20);1-2H3. The van der Waals surface area contributed by atoms with Crippen LogP contribution in [-0.2, 0) is 4.75 Å². The number of rotatable bonds is 5. The third kappa shape index (κ3) is 5.13. The van der Waals surface area contributed by atoms with Crippen molar-refractivity contribution in [2.24, 2.45) is 0 Å². The van der Waals surface area contributed by atoms with Gasteiger partial charge in [-0.1, -0.05) is 20.8 Å². The number of nitrogens with two attached hydrogens (primary N) is 1. The van der Waals surface area contributed by atoms with Crippen LogP contribution in [-0.4, -0.2) is 22.8 Å². The number of hydrogen-bond acceptors (Lipinski definition) is 5. The minimum absolute atomic E-state index is 0.0498. The Kier molecular flexibility index (Phi) is 7.36. The Labute approximate surface area is 144 Å². The van der Waals surface area contributed by atoms with Crippen LogP contribution in [0, 0.1) is 0 Å². The van der Waals surface area contributed by atoms with Crippen molar-refractivity contribution < 1.29 is 0 Å². The van der Waals surface area contributed by atoms with Crippen molar-refractivity contribution in [3.05, 3.63) is 36.0 Å². The molecular weight excluding hydrogens is 304 g/mol. The Bertz CT molecular complexity index is 609. The SMILES string of the molecule is CC.CCSC(C)(C)c1cc(NC)nc(-c2ccc(N)cc2)n1. The molecule has 0 saturated carbocycles. The number of nitrogens with zero attached hydrogens (tertiary/aromatic N) is 2. The zero-order chi connectivity index (χ0) is 17.5. The number of hydrogen-bond donors (Lipinski definition) is 2. The highest BCUT2D eigenvalue weighted by Gasteiger charge is 2.23. The first-order valence-electron chi connectivity index (χ1n) is 8.03. The molecule has 3 N–H and O–H groups in total. The zero-order valence-electron chi connectivity index (χ0n) is 15.0. The van der Waals surface area contributed by atoms with E-state index in [0.29, 0.717) is 0 Å². The van der Waals surface area contributed by atoms with E-state index in [1.54, 1.807) is 0 Å². The topological polar surface area (TPSA) is 63.8 Å². The first-order chi connectivity index (χ1) is 11.0. The molecule has 0 spiro atoms. The van der Waals surface area contributed by atoms with E-state index < -0.39 is 0 Å². The molecular formula is C18H28N4S. The van der Waals surface area contributed by atoms with Gasteiger partial charge in [0.25, 0.3) is 0 Å². The number of anilines is 2. The van der Waals surface area contributed by atoms with Crippen LogP contribution in [0.2, 0.25) is 0 Å². The number of benzene rings is 1. The monoisotopic (exact) mass is 332 g/mol. The first-order valence-corrected chi connectivity index (χ1v) is 9.02. The average Bonchev–Trinajstić information content (AvgIpc) is 2.57. The second kappa shape index (κ2) is 8.77. The second-order valence-electron chi connectivity index (χ2n) is 5.28. The summed E-state index contributed by atoms with van der Waals surface area (Å²) in [5.74, 6) is 2.60. The Morgan fingerprint density at radius 1 is 1.13 bits per heavy atom. The van der Waals surface area contributed by atoms with Crippen molar-refractivity contribution in [2.75, 3.05) is 23.9 Å². The predicted molar refractivity (Wildman–Crippen MR) is 104 cm³/mol. The quantitative estimate of drug-likeness (QED) is 0.771. The van der Waals surface area contributed by atoms with Gasteiger partial charge in [0.05, 0.1) is 10.4 Å². The molecule has 4 nitrogen and oxygen atoms in total. The molecule has 23 heavy (non-hydrogen) atoms. The maximum absolute atomic E-state index is 5.74. The van der Waals surface area contributed by atoms with Crippen LogP contribution in [0.1, 0.15) is 40.3 Å². The number of nitrogens with one attached hydrogen (secondary N) is 1. The Balaban J connectivity index is 0.00000127. The lowest BCUT2D eigenvalue weighted by Gasteiger charge is -2.23. The number of thioether (sulfide) groups is 1. The highest BCUT2D eigenvalue weighted by molar-refractivity contribution is 8.00. The molecule has 2 aromatic rings. The zero-order valence-corrected chi connectivity index (χ0v) is 15.8. The van der Waals surface area contributed by atoms with E-state index >= 15 is 0 Å². The Morgan fingerprint density at radius 2 is 1.74 bits per heavy atom.